The van der Waals surface area contributed by atoms with Gasteiger partial charge in [-0.2, -0.15) is 0 Å². The fourth-order valence-corrected chi connectivity index (χ4v) is 3.26. The molecule has 0 aliphatic carbocycles. The van der Waals surface area contributed by atoms with Crippen LogP contribution in [0, 0.1) is 24.0 Å². The normalized spacial score (nSPS) is 13.8. The van der Waals surface area contributed by atoms with Crippen molar-refractivity contribution in [2.45, 2.75) is 20.5 Å². The molecule has 0 radical (unpaired) electrons. The number of benzene rings is 3. The molecule has 1 heterocycles. The van der Waals surface area contributed by atoms with Gasteiger partial charge < -0.3 is 9.47 Å². The molecule has 0 bridgehead atoms. The molecule has 150 valence electrons. The van der Waals surface area contributed by atoms with Gasteiger partial charge in [0.1, 0.15) is 18.1 Å². The summed E-state index contributed by atoms with van der Waals surface area (Å²) in [5, 5.41) is 10.8. The molecule has 0 fully saturated rings. The number of allylic oxidation sites excluding steroid dienone is 1. The summed E-state index contributed by atoms with van der Waals surface area (Å²) >= 11 is 0. The Morgan fingerprint density at radius 2 is 1.73 bits per heavy atom. The summed E-state index contributed by atoms with van der Waals surface area (Å²) in [5.74, 6) is 1.03. The second-order valence-corrected chi connectivity index (χ2v) is 7.18. The summed E-state index contributed by atoms with van der Waals surface area (Å²) in [4.78, 5) is 23.1. The van der Waals surface area contributed by atoms with E-state index in [1.165, 1.54) is 17.7 Å². The van der Waals surface area contributed by atoms with Gasteiger partial charge in [0.25, 0.3) is 5.69 Å². The molecule has 0 saturated carbocycles. The lowest BCUT2D eigenvalue weighted by Crippen LogP contribution is -2.00. The van der Waals surface area contributed by atoms with Crippen molar-refractivity contribution in [3.05, 3.63) is 104 Å². The molecule has 0 saturated heterocycles. The molecule has 3 aromatic rings. The maximum atomic E-state index is 12.8. The number of carbonyl (C=O) groups is 1. The van der Waals surface area contributed by atoms with Crippen molar-refractivity contribution in [1.82, 2.24) is 0 Å². The third-order valence-electron chi connectivity index (χ3n) is 4.87. The van der Waals surface area contributed by atoms with Gasteiger partial charge in [0, 0.05) is 18.2 Å². The number of ether oxygens (including phenoxy) is 2. The van der Waals surface area contributed by atoms with Crippen molar-refractivity contribution < 1.29 is 19.2 Å². The number of non-ortho nitro benzene ring substituents is 1. The molecule has 0 spiro atoms. The molecular weight excluding hydrogens is 382 g/mol. The monoisotopic (exact) mass is 401 g/mol. The Morgan fingerprint density at radius 1 is 1.03 bits per heavy atom. The molecule has 0 amide bonds. The quantitative estimate of drug-likeness (QED) is 0.325. The van der Waals surface area contributed by atoms with E-state index >= 15 is 0 Å². The minimum Gasteiger partial charge on any atom is -0.489 e. The minimum absolute atomic E-state index is 0.00897. The first-order chi connectivity index (χ1) is 14.4. The molecule has 30 heavy (non-hydrogen) atoms. The Labute approximate surface area is 173 Å². The van der Waals surface area contributed by atoms with Gasteiger partial charge in [-0.1, -0.05) is 29.8 Å². The van der Waals surface area contributed by atoms with Crippen LogP contribution in [-0.4, -0.2) is 10.7 Å². The largest absolute Gasteiger partial charge is 0.489 e. The zero-order valence-electron chi connectivity index (χ0n) is 16.5. The number of aryl methyl sites for hydroxylation is 2. The Kier molecular flexibility index (Phi) is 5.06. The Morgan fingerprint density at radius 3 is 2.40 bits per heavy atom. The van der Waals surface area contributed by atoms with Crippen LogP contribution in [0.3, 0.4) is 0 Å². The number of ketones is 1. The standard InChI is InChI=1S/C24H19NO5/c1-15-3-5-18(6-4-15)14-29-20-11-16(2)23-21(13-20)30-22(24(23)26)12-17-7-9-19(10-8-17)25(27)28/h3-13H,14H2,1-2H3/b22-12-. The molecule has 3 aromatic carbocycles. The number of Topliss-reactive ketones (excluding diaryl/α,β-unsaturated/α-hetero) is 1. The third kappa shape index (κ3) is 3.93. The van der Waals surface area contributed by atoms with Crippen LogP contribution in [0.15, 0.2) is 66.4 Å². The smallest absolute Gasteiger partial charge is 0.269 e. The highest BCUT2D eigenvalue weighted by atomic mass is 16.6. The van der Waals surface area contributed by atoms with E-state index in [0.29, 0.717) is 29.2 Å². The number of nitrogens with zero attached hydrogens (tertiary/aromatic N) is 1. The summed E-state index contributed by atoms with van der Waals surface area (Å²) < 4.78 is 11.7. The molecule has 0 atom stereocenters. The lowest BCUT2D eigenvalue weighted by atomic mass is 10.0. The van der Waals surface area contributed by atoms with E-state index in [4.69, 9.17) is 9.47 Å². The fourth-order valence-electron chi connectivity index (χ4n) is 3.26. The second-order valence-electron chi connectivity index (χ2n) is 7.18. The SMILES string of the molecule is Cc1ccc(COc2cc(C)c3c(c2)O/C(=C\c2ccc([N+](=O)[O-])cc2)C3=O)cc1. The minimum atomic E-state index is -0.467. The van der Waals surface area contributed by atoms with Crippen LogP contribution in [0.2, 0.25) is 0 Å². The molecule has 4 rings (SSSR count). The van der Waals surface area contributed by atoms with Crippen LogP contribution in [-0.2, 0) is 6.61 Å². The number of fused-ring (bicyclic) bond motifs is 1. The molecule has 6 heteroatoms. The molecule has 6 nitrogen and oxygen atoms in total. The highest BCUT2D eigenvalue weighted by Gasteiger charge is 2.30. The molecule has 0 aromatic heterocycles. The van der Waals surface area contributed by atoms with E-state index in [1.807, 2.05) is 44.2 Å². The predicted molar refractivity (Wildman–Crippen MR) is 113 cm³/mol. The van der Waals surface area contributed by atoms with Crippen molar-refractivity contribution in [2.75, 3.05) is 0 Å². The van der Waals surface area contributed by atoms with E-state index in [9.17, 15) is 14.9 Å². The van der Waals surface area contributed by atoms with E-state index in [1.54, 1.807) is 24.3 Å². The number of nitro groups is 1. The molecule has 1 aliphatic heterocycles. The van der Waals surface area contributed by atoms with Crippen LogP contribution in [0.4, 0.5) is 5.69 Å². The van der Waals surface area contributed by atoms with E-state index in [0.717, 1.165) is 11.1 Å². The highest BCUT2D eigenvalue weighted by Crippen LogP contribution is 2.37. The summed E-state index contributed by atoms with van der Waals surface area (Å²) in [6, 6.07) is 17.6. The number of hydrogen-bond donors (Lipinski definition) is 0. The van der Waals surface area contributed by atoms with Crippen molar-refractivity contribution >= 4 is 17.5 Å². The number of rotatable bonds is 5. The zero-order chi connectivity index (χ0) is 21.3. The van der Waals surface area contributed by atoms with E-state index in [2.05, 4.69) is 0 Å². The zero-order valence-corrected chi connectivity index (χ0v) is 16.5. The van der Waals surface area contributed by atoms with Crippen molar-refractivity contribution in [3.63, 3.8) is 0 Å². The average molecular weight is 401 g/mol. The van der Waals surface area contributed by atoms with Gasteiger partial charge in [0.05, 0.1) is 10.5 Å². The second kappa shape index (κ2) is 7.83. The van der Waals surface area contributed by atoms with Crippen LogP contribution in [0.1, 0.15) is 32.6 Å². The Hall–Kier alpha value is -3.93. The van der Waals surface area contributed by atoms with Crippen molar-refractivity contribution in [1.29, 1.82) is 0 Å². The highest BCUT2D eigenvalue weighted by molar-refractivity contribution is 6.15. The van der Waals surface area contributed by atoms with Gasteiger partial charge in [-0.25, -0.2) is 0 Å². The van der Waals surface area contributed by atoms with Crippen LogP contribution >= 0.6 is 0 Å². The topological polar surface area (TPSA) is 78.7 Å². The molecule has 1 aliphatic rings. The van der Waals surface area contributed by atoms with Gasteiger partial charge in [0.2, 0.25) is 5.78 Å². The Bertz CT molecular complexity index is 1160. The fraction of sp³-hybridized carbons (Fsp3) is 0.125. The van der Waals surface area contributed by atoms with E-state index in [-0.39, 0.29) is 17.2 Å². The number of carbonyl (C=O) groups excluding carboxylic acids is 1. The number of hydrogen-bond acceptors (Lipinski definition) is 5. The summed E-state index contributed by atoms with van der Waals surface area (Å²) in [6.45, 7) is 4.29. The van der Waals surface area contributed by atoms with Gasteiger partial charge in [-0.3, -0.25) is 14.9 Å². The molecule has 0 unspecified atom stereocenters. The Balaban J connectivity index is 1.54. The third-order valence-corrected chi connectivity index (χ3v) is 4.87. The van der Waals surface area contributed by atoms with Crippen LogP contribution in [0.25, 0.3) is 6.08 Å². The maximum Gasteiger partial charge on any atom is 0.269 e. The first kappa shape index (κ1) is 19.4. The number of nitro benzene ring substituents is 1. The van der Waals surface area contributed by atoms with E-state index < -0.39 is 4.92 Å². The first-order valence-corrected chi connectivity index (χ1v) is 9.42. The summed E-state index contributed by atoms with van der Waals surface area (Å²) in [7, 11) is 0. The van der Waals surface area contributed by atoms with Crippen molar-refractivity contribution in [3.8, 4) is 11.5 Å². The first-order valence-electron chi connectivity index (χ1n) is 9.42. The van der Waals surface area contributed by atoms with Gasteiger partial charge in [0.15, 0.2) is 5.76 Å². The van der Waals surface area contributed by atoms with Crippen LogP contribution in [0.5, 0.6) is 11.5 Å². The average Bonchev–Trinajstić information content (AvgIpc) is 3.03. The summed E-state index contributed by atoms with van der Waals surface area (Å²) in [6.07, 6.45) is 1.58. The van der Waals surface area contributed by atoms with Gasteiger partial charge in [-0.05, 0) is 54.8 Å². The lowest BCUT2D eigenvalue weighted by molar-refractivity contribution is -0.384. The molecule has 0 N–H and O–H groups in total. The predicted octanol–water partition coefficient (Wildman–Crippen LogP) is 5.41. The van der Waals surface area contributed by atoms with Gasteiger partial charge in [-0.15, -0.1) is 0 Å². The van der Waals surface area contributed by atoms with Crippen LogP contribution < -0.4 is 9.47 Å². The van der Waals surface area contributed by atoms with Crippen molar-refractivity contribution in [2.24, 2.45) is 0 Å². The summed E-state index contributed by atoms with van der Waals surface area (Å²) in [5.41, 5.74) is 4.14. The molecular formula is C24H19NO5. The maximum absolute atomic E-state index is 12.8. The van der Waals surface area contributed by atoms with Gasteiger partial charge >= 0.3 is 0 Å². The lowest BCUT2D eigenvalue weighted by Gasteiger charge is -2.09.